The maximum atomic E-state index is 13.2. The zero-order chi connectivity index (χ0) is 14.7. The Bertz CT molecular complexity index is 662. The van der Waals surface area contributed by atoms with Gasteiger partial charge in [0, 0.05) is 9.79 Å². The lowest BCUT2D eigenvalue weighted by atomic mass is 10.2. The van der Waals surface area contributed by atoms with Gasteiger partial charge in [-0.1, -0.05) is 17.8 Å². The predicted molar refractivity (Wildman–Crippen MR) is 72.7 cm³/mol. The van der Waals surface area contributed by atoms with Crippen LogP contribution in [0.15, 0.2) is 46.2 Å². The highest BCUT2D eigenvalue weighted by Gasteiger charge is 2.14. The van der Waals surface area contributed by atoms with E-state index in [2.05, 4.69) is 4.74 Å². The summed E-state index contributed by atoms with van der Waals surface area (Å²) in [5.41, 5.74) is 6.37. The van der Waals surface area contributed by atoms with Crippen molar-refractivity contribution in [3.05, 3.63) is 53.6 Å². The van der Waals surface area contributed by atoms with Crippen molar-refractivity contribution < 1.29 is 18.3 Å². The Hall–Kier alpha value is -2.08. The first kappa shape index (κ1) is 14.3. The summed E-state index contributed by atoms with van der Waals surface area (Å²) in [6.07, 6.45) is 0. The second-order valence-corrected chi connectivity index (χ2v) is 5.00. The molecule has 2 rings (SSSR count). The molecule has 0 unspecified atom stereocenters. The summed E-state index contributed by atoms with van der Waals surface area (Å²) in [5.74, 6) is -2.39. The molecular formula is C14H11F2NO2S. The number of hydrogen-bond acceptors (Lipinski definition) is 4. The Balaban J connectivity index is 2.34. The van der Waals surface area contributed by atoms with Crippen molar-refractivity contribution in [2.75, 3.05) is 12.8 Å². The topological polar surface area (TPSA) is 52.3 Å². The van der Waals surface area contributed by atoms with E-state index in [0.717, 1.165) is 23.9 Å². The zero-order valence-corrected chi connectivity index (χ0v) is 11.3. The van der Waals surface area contributed by atoms with Crippen LogP contribution >= 0.6 is 11.8 Å². The molecular weight excluding hydrogens is 284 g/mol. The average molecular weight is 295 g/mol. The van der Waals surface area contributed by atoms with Crippen LogP contribution < -0.4 is 5.73 Å². The minimum absolute atomic E-state index is 0.236. The molecule has 2 aromatic rings. The molecule has 104 valence electrons. The summed E-state index contributed by atoms with van der Waals surface area (Å²) in [4.78, 5) is 12.6. The first-order valence-corrected chi connectivity index (χ1v) is 6.44. The van der Waals surface area contributed by atoms with Crippen molar-refractivity contribution in [2.24, 2.45) is 0 Å². The second-order valence-electron chi connectivity index (χ2n) is 3.89. The number of nitrogen functional groups attached to an aromatic ring is 1. The number of rotatable bonds is 3. The summed E-state index contributed by atoms with van der Waals surface area (Å²) in [6, 6.07) is 8.42. The van der Waals surface area contributed by atoms with Gasteiger partial charge in [-0.15, -0.1) is 0 Å². The molecule has 0 aromatic heterocycles. The van der Waals surface area contributed by atoms with E-state index in [9.17, 15) is 13.6 Å². The molecule has 0 radical (unpaired) electrons. The number of methoxy groups -OCH3 is 1. The van der Waals surface area contributed by atoms with Crippen molar-refractivity contribution in [3.63, 3.8) is 0 Å². The lowest BCUT2D eigenvalue weighted by Gasteiger charge is -2.09. The number of para-hydroxylation sites is 1. The Morgan fingerprint density at radius 2 is 1.95 bits per heavy atom. The number of carbonyl (C=O) groups excluding carboxylic acids is 1. The van der Waals surface area contributed by atoms with Crippen molar-refractivity contribution in [3.8, 4) is 0 Å². The monoisotopic (exact) mass is 295 g/mol. The molecule has 0 bridgehead atoms. The Morgan fingerprint density at radius 3 is 2.60 bits per heavy atom. The van der Waals surface area contributed by atoms with E-state index in [-0.39, 0.29) is 11.3 Å². The van der Waals surface area contributed by atoms with Crippen LogP contribution in [0.5, 0.6) is 0 Å². The fraction of sp³-hybridized carbons (Fsp3) is 0.0714. The standard InChI is InChI=1S/C14H11F2NO2S/c1-19-14(18)9-3-2-4-12(13(9)17)20-8-5-6-10(15)11(16)7-8/h2-7H,17H2,1H3. The van der Waals surface area contributed by atoms with E-state index < -0.39 is 17.6 Å². The normalized spacial score (nSPS) is 10.3. The number of halogens is 2. The highest BCUT2D eigenvalue weighted by Crippen LogP contribution is 2.34. The van der Waals surface area contributed by atoms with Gasteiger partial charge >= 0.3 is 5.97 Å². The van der Waals surface area contributed by atoms with Crippen LogP contribution in [0.3, 0.4) is 0 Å². The van der Waals surface area contributed by atoms with E-state index in [1.54, 1.807) is 12.1 Å². The summed E-state index contributed by atoms with van der Waals surface area (Å²) < 4.78 is 30.6. The van der Waals surface area contributed by atoms with Gasteiger partial charge in [0.1, 0.15) is 0 Å². The first-order chi connectivity index (χ1) is 9.52. The summed E-state index contributed by atoms with van der Waals surface area (Å²) in [5, 5.41) is 0. The number of benzene rings is 2. The van der Waals surface area contributed by atoms with Crippen LogP contribution in [-0.4, -0.2) is 13.1 Å². The van der Waals surface area contributed by atoms with Gasteiger partial charge in [0.2, 0.25) is 0 Å². The van der Waals surface area contributed by atoms with Crippen molar-refractivity contribution in [1.29, 1.82) is 0 Å². The summed E-state index contributed by atoms with van der Waals surface area (Å²) in [6.45, 7) is 0. The number of esters is 1. The van der Waals surface area contributed by atoms with E-state index in [0.29, 0.717) is 9.79 Å². The molecule has 0 amide bonds. The molecule has 0 aliphatic carbocycles. The van der Waals surface area contributed by atoms with Crippen molar-refractivity contribution in [1.82, 2.24) is 0 Å². The quantitative estimate of drug-likeness (QED) is 0.695. The van der Waals surface area contributed by atoms with Gasteiger partial charge in [0.15, 0.2) is 11.6 Å². The lowest BCUT2D eigenvalue weighted by Crippen LogP contribution is -2.06. The summed E-state index contributed by atoms with van der Waals surface area (Å²) in [7, 11) is 1.26. The van der Waals surface area contributed by atoms with Crippen LogP contribution in [-0.2, 0) is 4.74 Å². The third-order valence-electron chi connectivity index (χ3n) is 2.59. The molecule has 2 N–H and O–H groups in total. The van der Waals surface area contributed by atoms with Crippen LogP contribution in [0.4, 0.5) is 14.5 Å². The molecule has 6 heteroatoms. The van der Waals surface area contributed by atoms with Gasteiger partial charge in [0.05, 0.1) is 18.4 Å². The Kier molecular flexibility index (Phi) is 4.24. The molecule has 0 aliphatic rings. The van der Waals surface area contributed by atoms with E-state index in [1.165, 1.54) is 19.2 Å². The molecule has 0 spiro atoms. The van der Waals surface area contributed by atoms with E-state index in [4.69, 9.17) is 5.73 Å². The molecule has 0 atom stereocenters. The minimum Gasteiger partial charge on any atom is -0.465 e. The van der Waals surface area contributed by atoms with Crippen LogP contribution in [0, 0.1) is 11.6 Å². The zero-order valence-electron chi connectivity index (χ0n) is 10.5. The van der Waals surface area contributed by atoms with Gasteiger partial charge in [-0.25, -0.2) is 13.6 Å². The third kappa shape index (κ3) is 2.91. The molecule has 0 aliphatic heterocycles. The minimum atomic E-state index is -0.933. The number of nitrogens with two attached hydrogens (primary N) is 1. The highest BCUT2D eigenvalue weighted by atomic mass is 32.2. The van der Waals surface area contributed by atoms with Gasteiger partial charge < -0.3 is 10.5 Å². The van der Waals surface area contributed by atoms with Crippen molar-refractivity contribution in [2.45, 2.75) is 9.79 Å². The van der Waals surface area contributed by atoms with Gasteiger partial charge in [0.25, 0.3) is 0 Å². The summed E-state index contributed by atoms with van der Waals surface area (Å²) >= 11 is 1.14. The maximum Gasteiger partial charge on any atom is 0.339 e. The second kappa shape index (κ2) is 5.92. The molecule has 20 heavy (non-hydrogen) atoms. The molecule has 3 nitrogen and oxygen atoms in total. The molecule has 2 aromatic carbocycles. The average Bonchev–Trinajstić information content (AvgIpc) is 2.44. The molecule has 0 saturated heterocycles. The Labute approximate surface area is 118 Å². The highest BCUT2D eigenvalue weighted by molar-refractivity contribution is 7.99. The fourth-order valence-electron chi connectivity index (χ4n) is 1.59. The SMILES string of the molecule is COC(=O)c1cccc(Sc2ccc(F)c(F)c2)c1N. The van der Waals surface area contributed by atoms with Gasteiger partial charge in [-0.3, -0.25) is 0 Å². The number of hydrogen-bond donors (Lipinski definition) is 1. The first-order valence-electron chi connectivity index (χ1n) is 5.62. The number of anilines is 1. The lowest BCUT2D eigenvalue weighted by molar-refractivity contribution is 0.0601. The third-order valence-corrected chi connectivity index (χ3v) is 3.66. The smallest absolute Gasteiger partial charge is 0.339 e. The fourth-order valence-corrected chi connectivity index (χ4v) is 2.51. The number of carbonyl (C=O) groups is 1. The van der Waals surface area contributed by atoms with Gasteiger partial charge in [-0.2, -0.15) is 0 Å². The maximum absolute atomic E-state index is 13.2. The number of ether oxygens (including phenoxy) is 1. The largest absolute Gasteiger partial charge is 0.465 e. The predicted octanol–water partition coefficient (Wildman–Crippen LogP) is 3.48. The van der Waals surface area contributed by atoms with Crippen LogP contribution in [0.1, 0.15) is 10.4 Å². The van der Waals surface area contributed by atoms with Gasteiger partial charge in [-0.05, 0) is 30.3 Å². The van der Waals surface area contributed by atoms with E-state index >= 15 is 0 Å². The van der Waals surface area contributed by atoms with Crippen molar-refractivity contribution >= 4 is 23.4 Å². The molecule has 0 heterocycles. The van der Waals surface area contributed by atoms with E-state index in [1.807, 2.05) is 0 Å². The molecule has 0 saturated carbocycles. The van der Waals surface area contributed by atoms with Crippen LogP contribution in [0.25, 0.3) is 0 Å². The van der Waals surface area contributed by atoms with Crippen LogP contribution in [0.2, 0.25) is 0 Å². The Morgan fingerprint density at radius 1 is 1.20 bits per heavy atom. The molecule has 0 fully saturated rings.